The predicted octanol–water partition coefficient (Wildman–Crippen LogP) is 2.08. The fourth-order valence-corrected chi connectivity index (χ4v) is 2.04. The van der Waals surface area contributed by atoms with Gasteiger partial charge in [-0.1, -0.05) is 0 Å². The number of aromatic nitrogens is 2. The van der Waals surface area contributed by atoms with Crippen molar-refractivity contribution in [1.29, 1.82) is 0 Å². The molecule has 0 fully saturated rings. The highest BCUT2D eigenvalue weighted by Gasteiger charge is 2.25. The number of hydrogen-bond donors (Lipinski definition) is 3. The van der Waals surface area contributed by atoms with Gasteiger partial charge in [-0.2, -0.15) is 0 Å². The van der Waals surface area contributed by atoms with E-state index in [1.165, 1.54) is 0 Å². The summed E-state index contributed by atoms with van der Waals surface area (Å²) >= 11 is 0. The number of ether oxygens (including phenoxy) is 1. The number of amides is 1. The van der Waals surface area contributed by atoms with Crippen LogP contribution in [-0.2, 0) is 16.0 Å². The second kappa shape index (κ2) is 6.05. The minimum absolute atomic E-state index is 0.117. The molecule has 7 heteroatoms. The molecule has 1 atom stereocenters. The third-order valence-electron chi connectivity index (χ3n) is 2.93. The summed E-state index contributed by atoms with van der Waals surface area (Å²) in [6.07, 6.45) is 2.69. The second-order valence-electron chi connectivity index (χ2n) is 5.95. The molecular formula is C15H19N3O4. The van der Waals surface area contributed by atoms with E-state index in [4.69, 9.17) is 4.74 Å². The SMILES string of the molecule is CC(C)(C)OC(=O)NC(Cc1c[nH]c2cccnc12)C(=O)O. The molecular weight excluding hydrogens is 286 g/mol. The van der Waals surface area contributed by atoms with E-state index in [0.717, 1.165) is 11.1 Å². The molecule has 0 aromatic carbocycles. The standard InChI is InChI=1S/C15H19N3O4/c1-15(2,3)22-14(21)18-11(13(19)20)7-9-8-17-10-5-4-6-16-12(9)10/h4-6,8,11,17H,7H2,1-3H3,(H,18,21)(H,19,20). The van der Waals surface area contributed by atoms with Crippen molar-refractivity contribution in [3.05, 3.63) is 30.1 Å². The van der Waals surface area contributed by atoms with Gasteiger partial charge in [-0.25, -0.2) is 9.59 Å². The quantitative estimate of drug-likeness (QED) is 0.802. The van der Waals surface area contributed by atoms with E-state index >= 15 is 0 Å². The van der Waals surface area contributed by atoms with Crippen molar-refractivity contribution < 1.29 is 19.4 Å². The summed E-state index contributed by atoms with van der Waals surface area (Å²) in [5, 5.41) is 11.7. The van der Waals surface area contributed by atoms with E-state index in [9.17, 15) is 14.7 Å². The van der Waals surface area contributed by atoms with Gasteiger partial charge in [0.15, 0.2) is 0 Å². The zero-order valence-electron chi connectivity index (χ0n) is 12.7. The first-order valence-corrected chi connectivity index (χ1v) is 6.89. The number of carboxylic acids is 1. The number of nitrogens with zero attached hydrogens (tertiary/aromatic N) is 1. The molecule has 0 radical (unpaired) electrons. The van der Waals surface area contributed by atoms with E-state index < -0.39 is 23.7 Å². The number of aliphatic carboxylic acids is 1. The number of nitrogens with one attached hydrogen (secondary N) is 2. The highest BCUT2D eigenvalue weighted by molar-refractivity contribution is 5.83. The maximum absolute atomic E-state index is 11.7. The lowest BCUT2D eigenvalue weighted by Crippen LogP contribution is -2.44. The molecule has 118 valence electrons. The van der Waals surface area contributed by atoms with Gasteiger partial charge in [0.25, 0.3) is 0 Å². The molecule has 3 N–H and O–H groups in total. The highest BCUT2D eigenvalue weighted by atomic mass is 16.6. The predicted molar refractivity (Wildman–Crippen MR) is 80.6 cm³/mol. The fourth-order valence-electron chi connectivity index (χ4n) is 2.04. The van der Waals surface area contributed by atoms with Crippen LogP contribution in [0.1, 0.15) is 26.3 Å². The lowest BCUT2D eigenvalue weighted by molar-refractivity contribution is -0.139. The van der Waals surface area contributed by atoms with Crippen LogP contribution in [0.3, 0.4) is 0 Å². The molecule has 0 bridgehead atoms. The Labute approximate surface area is 127 Å². The molecule has 0 spiro atoms. The molecule has 2 aromatic rings. The van der Waals surface area contributed by atoms with Gasteiger partial charge in [0.2, 0.25) is 0 Å². The smallest absolute Gasteiger partial charge is 0.408 e. The largest absolute Gasteiger partial charge is 0.480 e. The van der Waals surface area contributed by atoms with Crippen LogP contribution in [0.2, 0.25) is 0 Å². The average molecular weight is 305 g/mol. The van der Waals surface area contributed by atoms with Crippen molar-refractivity contribution >= 4 is 23.1 Å². The average Bonchev–Trinajstić information content (AvgIpc) is 2.79. The number of carbonyl (C=O) groups is 2. The third-order valence-corrected chi connectivity index (χ3v) is 2.93. The first kappa shape index (κ1) is 15.8. The molecule has 0 aliphatic heterocycles. The Hall–Kier alpha value is -2.57. The summed E-state index contributed by atoms with van der Waals surface area (Å²) in [5.41, 5.74) is 1.55. The molecule has 2 rings (SSSR count). The fraction of sp³-hybridized carbons (Fsp3) is 0.400. The van der Waals surface area contributed by atoms with Gasteiger partial charge in [-0.05, 0) is 38.5 Å². The van der Waals surface area contributed by atoms with Crippen LogP contribution >= 0.6 is 0 Å². The topological polar surface area (TPSA) is 104 Å². The van der Waals surface area contributed by atoms with Gasteiger partial charge in [-0.15, -0.1) is 0 Å². The number of hydrogen-bond acceptors (Lipinski definition) is 4. The van der Waals surface area contributed by atoms with E-state index in [1.54, 1.807) is 39.2 Å². The van der Waals surface area contributed by atoms with Crippen LogP contribution in [0.15, 0.2) is 24.5 Å². The van der Waals surface area contributed by atoms with E-state index in [-0.39, 0.29) is 6.42 Å². The van der Waals surface area contributed by atoms with Gasteiger partial charge in [0.05, 0.1) is 11.0 Å². The molecule has 1 amide bonds. The Morgan fingerprint density at radius 3 is 2.82 bits per heavy atom. The summed E-state index contributed by atoms with van der Waals surface area (Å²) in [6, 6.07) is 2.55. The summed E-state index contributed by atoms with van der Waals surface area (Å²) in [7, 11) is 0. The van der Waals surface area contributed by atoms with Crippen LogP contribution in [0, 0.1) is 0 Å². The normalized spacial score (nSPS) is 12.9. The minimum Gasteiger partial charge on any atom is -0.480 e. The number of carbonyl (C=O) groups excluding carboxylic acids is 1. The van der Waals surface area contributed by atoms with E-state index in [2.05, 4.69) is 15.3 Å². The maximum atomic E-state index is 11.7. The van der Waals surface area contributed by atoms with Crippen LogP contribution in [0.5, 0.6) is 0 Å². The van der Waals surface area contributed by atoms with Gasteiger partial charge >= 0.3 is 12.1 Å². The number of aromatic amines is 1. The van der Waals surface area contributed by atoms with Crippen LogP contribution in [0.25, 0.3) is 11.0 Å². The van der Waals surface area contributed by atoms with Crippen LogP contribution in [0.4, 0.5) is 4.79 Å². The number of carboxylic acid groups (broad SMARTS) is 1. The summed E-state index contributed by atoms with van der Waals surface area (Å²) in [5.74, 6) is -1.13. The summed E-state index contributed by atoms with van der Waals surface area (Å²) < 4.78 is 5.09. The lowest BCUT2D eigenvalue weighted by Gasteiger charge is -2.21. The van der Waals surface area contributed by atoms with Gasteiger partial charge in [0, 0.05) is 18.8 Å². The molecule has 0 aliphatic carbocycles. The molecule has 2 heterocycles. The lowest BCUT2D eigenvalue weighted by atomic mass is 10.1. The molecule has 0 aliphatic rings. The van der Waals surface area contributed by atoms with Crippen molar-refractivity contribution in [2.45, 2.75) is 38.8 Å². The zero-order valence-corrected chi connectivity index (χ0v) is 12.7. The second-order valence-corrected chi connectivity index (χ2v) is 5.95. The third kappa shape index (κ3) is 3.97. The Morgan fingerprint density at radius 2 is 2.18 bits per heavy atom. The first-order chi connectivity index (χ1) is 10.3. The van der Waals surface area contributed by atoms with Crippen molar-refractivity contribution in [2.75, 3.05) is 0 Å². The van der Waals surface area contributed by atoms with Crippen molar-refractivity contribution in [3.8, 4) is 0 Å². The Balaban J connectivity index is 2.12. The van der Waals surface area contributed by atoms with Crippen LogP contribution < -0.4 is 5.32 Å². The zero-order chi connectivity index (χ0) is 16.3. The van der Waals surface area contributed by atoms with Crippen molar-refractivity contribution in [2.24, 2.45) is 0 Å². The number of alkyl carbamates (subject to hydrolysis) is 1. The number of fused-ring (bicyclic) bond motifs is 1. The Morgan fingerprint density at radius 1 is 1.45 bits per heavy atom. The molecule has 2 aromatic heterocycles. The number of rotatable bonds is 4. The molecule has 7 nitrogen and oxygen atoms in total. The van der Waals surface area contributed by atoms with Crippen molar-refractivity contribution in [3.63, 3.8) is 0 Å². The highest BCUT2D eigenvalue weighted by Crippen LogP contribution is 2.17. The number of pyridine rings is 1. The Bertz CT molecular complexity index is 687. The molecule has 22 heavy (non-hydrogen) atoms. The van der Waals surface area contributed by atoms with Gasteiger partial charge in [-0.3, -0.25) is 4.98 Å². The molecule has 0 saturated heterocycles. The maximum Gasteiger partial charge on any atom is 0.408 e. The Kier molecular flexibility index (Phi) is 4.35. The monoisotopic (exact) mass is 305 g/mol. The van der Waals surface area contributed by atoms with E-state index in [0.29, 0.717) is 5.52 Å². The summed E-state index contributed by atoms with van der Waals surface area (Å²) in [4.78, 5) is 30.4. The molecule has 1 unspecified atom stereocenters. The van der Waals surface area contributed by atoms with Gasteiger partial charge in [0.1, 0.15) is 11.6 Å². The van der Waals surface area contributed by atoms with Crippen molar-refractivity contribution in [1.82, 2.24) is 15.3 Å². The van der Waals surface area contributed by atoms with E-state index in [1.807, 2.05) is 6.07 Å². The van der Waals surface area contributed by atoms with Gasteiger partial charge < -0.3 is 20.1 Å². The summed E-state index contributed by atoms with van der Waals surface area (Å²) in [6.45, 7) is 5.14. The van der Waals surface area contributed by atoms with Crippen LogP contribution in [-0.4, -0.2) is 38.8 Å². The first-order valence-electron chi connectivity index (χ1n) is 6.89. The number of H-pyrrole nitrogens is 1. The molecule has 0 saturated carbocycles. The minimum atomic E-state index is -1.13.